The summed E-state index contributed by atoms with van der Waals surface area (Å²) >= 11 is 0. The molecule has 4 rings (SSSR count). The van der Waals surface area contributed by atoms with Crippen molar-refractivity contribution in [3.8, 4) is 0 Å². The minimum atomic E-state index is -0.176. The third-order valence-electron chi connectivity index (χ3n) is 6.06. The fraction of sp³-hybridized carbons (Fsp3) is 0.296. The maximum absolute atomic E-state index is 12.6. The fourth-order valence-corrected chi connectivity index (χ4v) is 4.08. The lowest BCUT2D eigenvalue weighted by Gasteiger charge is -2.34. The molecule has 3 aromatic rings. The van der Waals surface area contributed by atoms with Crippen LogP contribution >= 0.6 is 0 Å². The van der Waals surface area contributed by atoms with E-state index in [4.69, 9.17) is 0 Å². The number of benzene rings is 3. The topological polar surface area (TPSA) is 81.8 Å². The van der Waals surface area contributed by atoms with Crippen LogP contribution in [0.2, 0.25) is 0 Å². The van der Waals surface area contributed by atoms with E-state index in [0.717, 1.165) is 16.3 Å². The molecule has 3 aromatic carbocycles. The minimum absolute atomic E-state index is 0.0139. The normalized spacial score (nSPS) is 14.1. The molecule has 34 heavy (non-hydrogen) atoms. The van der Waals surface area contributed by atoms with Crippen molar-refractivity contribution in [3.63, 3.8) is 0 Å². The maximum atomic E-state index is 12.6. The zero-order valence-corrected chi connectivity index (χ0v) is 19.2. The van der Waals surface area contributed by atoms with Gasteiger partial charge in [-0.2, -0.15) is 0 Å². The average Bonchev–Trinajstić information content (AvgIpc) is 2.88. The molecule has 0 aliphatic carbocycles. The molecule has 1 heterocycles. The van der Waals surface area contributed by atoms with E-state index in [9.17, 15) is 14.4 Å². The first-order valence-electron chi connectivity index (χ1n) is 11.7. The van der Waals surface area contributed by atoms with Crippen molar-refractivity contribution in [3.05, 3.63) is 83.9 Å². The Bertz CT molecular complexity index is 1140. The van der Waals surface area contributed by atoms with Gasteiger partial charge in [0.05, 0.1) is 6.54 Å². The van der Waals surface area contributed by atoms with E-state index in [1.54, 1.807) is 11.0 Å². The molecule has 176 valence electrons. The van der Waals surface area contributed by atoms with Crippen molar-refractivity contribution in [1.29, 1.82) is 0 Å². The summed E-state index contributed by atoms with van der Waals surface area (Å²) in [6.45, 7) is 3.64. The molecule has 7 nitrogen and oxygen atoms in total. The van der Waals surface area contributed by atoms with Crippen LogP contribution in [-0.4, -0.2) is 66.8 Å². The Morgan fingerprint density at radius 3 is 2.24 bits per heavy atom. The van der Waals surface area contributed by atoms with Crippen LogP contribution in [0.1, 0.15) is 22.3 Å². The first kappa shape index (κ1) is 23.4. The van der Waals surface area contributed by atoms with Crippen molar-refractivity contribution in [2.24, 2.45) is 0 Å². The van der Waals surface area contributed by atoms with Crippen molar-refractivity contribution in [2.45, 2.75) is 13.0 Å². The Hall–Kier alpha value is -3.71. The number of hydrogen-bond donors (Lipinski definition) is 2. The number of hydrogen-bond acceptors (Lipinski definition) is 4. The molecule has 0 saturated carbocycles. The zero-order valence-electron chi connectivity index (χ0n) is 19.2. The predicted octanol–water partition coefficient (Wildman–Crippen LogP) is 2.42. The smallest absolute Gasteiger partial charge is 0.251 e. The van der Waals surface area contributed by atoms with Gasteiger partial charge in [-0.05, 0) is 28.5 Å². The van der Waals surface area contributed by atoms with Gasteiger partial charge in [-0.1, -0.05) is 60.7 Å². The number of nitrogens with one attached hydrogen (secondary N) is 2. The standard InChI is InChI=1S/C27H30N4O3/c32-25(29-19-21-6-2-1-3-7-21)20-30-14-16-31(17-15-30)26(33)12-13-28-27(34)24-11-10-22-8-4-5-9-23(22)18-24/h1-11,18H,12-17,19-20H2,(H,28,34)(H,29,32). The molecule has 7 heteroatoms. The lowest BCUT2D eigenvalue weighted by molar-refractivity contribution is -0.133. The number of rotatable bonds is 8. The van der Waals surface area contributed by atoms with Crippen LogP contribution in [-0.2, 0) is 16.1 Å². The van der Waals surface area contributed by atoms with Gasteiger partial charge in [0.25, 0.3) is 5.91 Å². The molecular weight excluding hydrogens is 428 g/mol. The largest absolute Gasteiger partial charge is 0.352 e. The molecule has 0 radical (unpaired) electrons. The van der Waals surface area contributed by atoms with Gasteiger partial charge >= 0.3 is 0 Å². The van der Waals surface area contributed by atoms with Gasteiger partial charge < -0.3 is 15.5 Å². The Labute approximate surface area is 199 Å². The highest BCUT2D eigenvalue weighted by Gasteiger charge is 2.22. The van der Waals surface area contributed by atoms with E-state index in [-0.39, 0.29) is 24.1 Å². The Kier molecular flexibility index (Phi) is 7.88. The van der Waals surface area contributed by atoms with Gasteiger partial charge in [0, 0.05) is 51.3 Å². The van der Waals surface area contributed by atoms with Crippen LogP contribution in [0.15, 0.2) is 72.8 Å². The highest BCUT2D eigenvalue weighted by molar-refractivity contribution is 5.98. The van der Waals surface area contributed by atoms with Crippen LogP contribution in [0.4, 0.5) is 0 Å². The number of carbonyl (C=O) groups is 3. The van der Waals surface area contributed by atoms with Gasteiger partial charge in [0.1, 0.15) is 0 Å². The number of carbonyl (C=O) groups excluding carboxylic acids is 3. The summed E-state index contributed by atoms with van der Waals surface area (Å²) in [5.41, 5.74) is 1.66. The molecule has 1 saturated heterocycles. The van der Waals surface area contributed by atoms with Crippen molar-refractivity contribution in [1.82, 2.24) is 20.4 Å². The minimum Gasteiger partial charge on any atom is -0.352 e. The molecule has 0 unspecified atom stereocenters. The average molecular weight is 459 g/mol. The zero-order chi connectivity index (χ0) is 23.8. The van der Waals surface area contributed by atoms with Gasteiger partial charge in [0.2, 0.25) is 11.8 Å². The Balaban J connectivity index is 1.14. The first-order valence-corrected chi connectivity index (χ1v) is 11.7. The molecule has 1 aliphatic heterocycles. The highest BCUT2D eigenvalue weighted by atomic mass is 16.2. The lowest BCUT2D eigenvalue weighted by atomic mass is 10.1. The van der Waals surface area contributed by atoms with E-state index in [1.165, 1.54) is 0 Å². The van der Waals surface area contributed by atoms with Crippen molar-refractivity contribution < 1.29 is 14.4 Å². The van der Waals surface area contributed by atoms with E-state index < -0.39 is 0 Å². The molecule has 0 aromatic heterocycles. The highest BCUT2D eigenvalue weighted by Crippen LogP contribution is 2.15. The quantitative estimate of drug-likeness (QED) is 0.543. The van der Waals surface area contributed by atoms with E-state index >= 15 is 0 Å². The molecule has 2 N–H and O–H groups in total. The van der Waals surface area contributed by atoms with Gasteiger partial charge in [-0.25, -0.2) is 0 Å². The van der Waals surface area contributed by atoms with Crippen LogP contribution in [0.5, 0.6) is 0 Å². The lowest BCUT2D eigenvalue weighted by Crippen LogP contribution is -2.51. The summed E-state index contributed by atoms with van der Waals surface area (Å²) in [7, 11) is 0. The second kappa shape index (κ2) is 11.4. The molecule has 0 spiro atoms. The van der Waals surface area contributed by atoms with Crippen molar-refractivity contribution >= 4 is 28.5 Å². The van der Waals surface area contributed by atoms with Crippen LogP contribution in [0.3, 0.4) is 0 Å². The molecule has 0 bridgehead atoms. The van der Waals surface area contributed by atoms with E-state index in [0.29, 0.717) is 51.4 Å². The second-order valence-electron chi connectivity index (χ2n) is 8.49. The van der Waals surface area contributed by atoms with Crippen LogP contribution in [0, 0.1) is 0 Å². The van der Waals surface area contributed by atoms with Crippen molar-refractivity contribution in [2.75, 3.05) is 39.3 Å². The SMILES string of the molecule is O=C(CN1CCN(C(=O)CCNC(=O)c2ccc3ccccc3c2)CC1)NCc1ccccc1. The molecular formula is C27H30N4O3. The maximum Gasteiger partial charge on any atom is 0.251 e. The molecule has 1 fully saturated rings. The van der Waals surface area contributed by atoms with E-state index in [2.05, 4.69) is 15.5 Å². The summed E-state index contributed by atoms with van der Waals surface area (Å²) in [5.74, 6) is -0.170. The third kappa shape index (κ3) is 6.42. The number of nitrogens with zero attached hydrogens (tertiary/aromatic N) is 2. The summed E-state index contributed by atoms with van der Waals surface area (Å²) in [5, 5.41) is 7.88. The van der Waals surface area contributed by atoms with Gasteiger partial charge in [-0.15, -0.1) is 0 Å². The Morgan fingerprint density at radius 1 is 0.765 bits per heavy atom. The second-order valence-corrected chi connectivity index (χ2v) is 8.49. The monoisotopic (exact) mass is 458 g/mol. The number of amides is 3. The number of fused-ring (bicyclic) bond motifs is 1. The summed E-state index contributed by atoms with van der Waals surface area (Å²) in [4.78, 5) is 41.1. The van der Waals surface area contributed by atoms with Crippen LogP contribution < -0.4 is 10.6 Å². The number of piperazine rings is 1. The third-order valence-corrected chi connectivity index (χ3v) is 6.06. The predicted molar refractivity (Wildman–Crippen MR) is 132 cm³/mol. The Morgan fingerprint density at radius 2 is 1.47 bits per heavy atom. The van der Waals surface area contributed by atoms with Crippen LogP contribution in [0.25, 0.3) is 10.8 Å². The summed E-state index contributed by atoms with van der Waals surface area (Å²) in [6.07, 6.45) is 0.261. The molecule has 0 atom stereocenters. The molecule has 1 aliphatic rings. The van der Waals surface area contributed by atoms with E-state index in [1.807, 2.05) is 66.7 Å². The first-order chi connectivity index (χ1) is 16.6. The van der Waals surface area contributed by atoms with Gasteiger partial charge in [-0.3, -0.25) is 19.3 Å². The summed E-state index contributed by atoms with van der Waals surface area (Å²) in [6, 6.07) is 23.3. The summed E-state index contributed by atoms with van der Waals surface area (Å²) < 4.78 is 0. The van der Waals surface area contributed by atoms with Gasteiger partial charge in [0.15, 0.2) is 0 Å². The fourth-order valence-electron chi connectivity index (χ4n) is 4.08. The molecule has 3 amide bonds.